The quantitative estimate of drug-likeness (QED) is 0.737. The third kappa shape index (κ3) is 1.77. The Morgan fingerprint density at radius 1 is 1.06 bits per heavy atom. The van der Waals surface area contributed by atoms with Gasteiger partial charge >= 0.3 is 0 Å². The zero-order valence-electron chi connectivity index (χ0n) is 9.19. The van der Waals surface area contributed by atoms with Crippen LogP contribution in [0, 0.1) is 0 Å². The maximum Gasteiger partial charge on any atom is 0.164 e. The molecule has 1 nitrogen and oxygen atoms in total. The molecule has 0 N–H and O–H groups in total. The lowest BCUT2D eigenvalue weighted by atomic mass is 9.93. The molecule has 0 saturated heterocycles. The van der Waals surface area contributed by atoms with E-state index in [4.69, 9.17) is 11.6 Å². The van der Waals surface area contributed by atoms with Gasteiger partial charge in [-0.15, -0.1) is 0 Å². The summed E-state index contributed by atoms with van der Waals surface area (Å²) in [6.07, 6.45) is 0.555. The second kappa shape index (κ2) is 4.01. The third-order valence-electron chi connectivity index (χ3n) is 3.28. The van der Waals surface area contributed by atoms with Crippen LogP contribution < -0.4 is 0 Å². The fourth-order valence-corrected chi connectivity index (χ4v) is 2.63. The minimum atomic E-state index is 0.191. The van der Waals surface area contributed by atoms with Gasteiger partial charge in [-0.2, -0.15) is 0 Å². The van der Waals surface area contributed by atoms with E-state index in [1.807, 2.05) is 30.3 Å². The zero-order valence-corrected chi connectivity index (χ0v) is 9.95. The van der Waals surface area contributed by atoms with E-state index >= 15 is 0 Å². The Hall–Kier alpha value is -1.60. The number of benzene rings is 2. The molecule has 2 aromatic carbocycles. The van der Waals surface area contributed by atoms with Crippen LogP contribution in [-0.4, -0.2) is 5.78 Å². The van der Waals surface area contributed by atoms with Crippen molar-refractivity contribution in [2.24, 2.45) is 0 Å². The molecule has 2 heteroatoms. The molecule has 0 bridgehead atoms. The molecular formula is C15H11ClO. The number of Topliss-reactive ketones (excluding diaryl/α,β-unsaturated/α-hetero) is 1. The van der Waals surface area contributed by atoms with Gasteiger partial charge in [0.1, 0.15) is 0 Å². The van der Waals surface area contributed by atoms with Crippen LogP contribution in [0.25, 0.3) is 0 Å². The number of carbonyl (C=O) groups excluding carboxylic acids is 1. The number of fused-ring (bicyclic) bond motifs is 1. The number of halogens is 1. The molecule has 0 radical (unpaired) electrons. The summed E-state index contributed by atoms with van der Waals surface area (Å²) in [5.41, 5.74) is 3.08. The number of carbonyl (C=O) groups is 1. The van der Waals surface area contributed by atoms with Crippen molar-refractivity contribution in [1.82, 2.24) is 0 Å². The van der Waals surface area contributed by atoms with Gasteiger partial charge in [-0.05, 0) is 23.3 Å². The van der Waals surface area contributed by atoms with Crippen molar-refractivity contribution in [2.75, 3.05) is 0 Å². The summed E-state index contributed by atoms with van der Waals surface area (Å²) >= 11 is 5.93. The zero-order chi connectivity index (χ0) is 11.8. The lowest BCUT2D eigenvalue weighted by molar-refractivity contribution is 0.0991. The molecule has 1 aliphatic rings. The van der Waals surface area contributed by atoms with Gasteiger partial charge in [-0.1, -0.05) is 48.0 Å². The van der Waals surface area contributed by atoms with Gasteiger partial charge in [-0.3, -0.25) is 4.79 Å². The monoisotopic (exact) mass is 242 g/mol. The molecule has 0 aromatic heterocycles. The summed E-state index contributed by atoms with van der Waals surface area (Å²) < 4.78 is 0. The van der Waals surface area contributed by atoms with E-state index in [0.29, 0.717) is 11.4 Å². The van der Waals surface area contributed by atoms with Crippen molar-refractivity contribution in [1.29, 1.82) is 0 Å². The normalized spacial score (nSPS) is 18.2. The van der Waals surface area contributed by atoms with Crippen molar-refractivity contribution < 1.29 is 4.79 Å². The van der Waals surface area contributed by atoms with Crippen LogP contribution in [-0.2, 0) is 0 Å². The topological polar surface area (TPSA) is 17.1 Å². The second-order valence-corrected chi connectivity index (χ2v) is 4.76. The summed E-state index contributed by atoms with van der Waals surface area (Å²) in [6.45, 7) is 0. The van der Waals surface area contributed by atoms with Crippen molar-refractivity contribution in [2.45, 2.75) is 12.3 Å². The lowest BCUT2D eigenvalue weighted by Crippen LogP contribution is -1.95. The predicted octanol–water partition coefficient (Wildman–Crippen LogP) is 4.06. The number of ketones is 1. The first-order chi connectivity index (χ1) is 8.25. The SMILES string of the molecule is O=C1C[C@H](c2ccccc2)c2ccc(Cl)cc21. The Morgan fingerprint density at radius 3 is 2.59 bits per heavy atom. The number of hydrogen-bond acceptors (Lipinski definition) is 1. The Bertz CT molecular complexity index is 575. The fourth-order valence-electron chi connectivity index (χ4n) is 2.46. The largest absolute Gasteiger partial charge is 0.294 e. The Balaban J connectivity index is 2.11. The van der Waals surface area contributed by atoms with Gasteiger partial charge in [-0.25, -0.2) is 0 Å². The summed E-state index contributed by atoms with van der Waals surface area (Å²) in [6, 6.07) is 15.8. The third-order valence-corrected chi connectivity index (χ3v) is 3.52. The highest BCUT2D eigenvalue weighted by Crippen LogP contribution is 2.38. The van der Waals surface area contributed by atoms with Crippen molar-refractivity contribution in [3.8, 4) is 0 Å². The fraction of sp³-hybridized carbons (Fsp3) is 0.133. The van der Waals surface area contributed by atoms with Gasteiger partial charge in [0, 0.05) is 22.9 Å². The average Bonchev–Trinajstić information content (AvgIpc) is 2.68. The molecule has 84 valence electrons. The standard InChI is InChI=1S/C15H11ClO/c16-11-6-7-12-13(9-15(17)14(12)8-11)10-4-2-1-3-5-10/h1-8,13H,9H2/t13-/m1/s1. The van der Waals surface area contributed by atoms with Crippen LogP contribution in [0.3, 0.4) is 0 Å². The van der Waals surface area contributed by atoms with Crippen LogP contribution in [0.1, 0.15) is 33.8 Å². The highest BCUT2D eigenvalue weighted by molar-refractivity contribution is 6.31. The molecule has 1 atom stereocenters. The molecule has 0 aliphatic heterocycles. The highest BCUT2D eigenvalue weighted by Gasteiger charge is 2.30. The van der Waals surface area contributed by atoms with Crippen molar-refractivity contribution in [3.05, 3.63) is 70.2 Å². The average molecular weight is 243 g/mol. The minimum absolute atomic E-state index is 0.191. The predicted molar refractivity (Wildman–Crippen MR) is 68.7 cm³/mol. The molecule has 0 fully saturated rings. The summed E-state index contributed by atoms with van der Waals surface area (Å²) in [5.74, 6) is 0.382. The smallest absolute Gasteiger partial charge is 0.164 e. The molecule has 0 spiro atoms. The van der Waals surface area contributed by atoms with E-state index in [1.165, 1.54) is 5.56 Å². The first-order valence-electron chi connectivity index (χ1n) is 5.63. The first kappa shape index (κ1) is 10.5. The van der Waals surface area contributed by atoms with Gasteiger partial charge in [0.05, 0.1) is 0 Å². The summed E-state index contributed by atoms with van der Waals surface area (Å²) in [4.78, 5) is 11.9. The lowest BCUT2D eigenvalue weighted by Gasteiger charge is -2.10. The molecule has 0 unspecified atom stereocenters. The summed E-state index contributed by atoms with van der Waals surface area (Å²) in [5, 5.41) is 0.630. The summed E-state index contributed by atoms with van der Waals surface area (Å²) in [7, 11) is 0. The van der Waals surface area contributed by atoms with Gasteiger partial charge in [0.25, 0.3) is 0 Å². The van der Waals surface area contributed by atoms with Gasteiger partial charge in [0.2, 0.25) is 0 Å². The second-order valence-electron chi connectivity index (χ2n) is 4.32. The van der Waals surface area contributed by atoms with Crippen LogP contribution in [0.4, 0.5) is 0 Å². The van der Waals surface area contributed by atoms with Gasteiger partial charge < -0.3 is 0 Å². The molecule has 17 heavy (non-hydrogen) atoms. The Labute approximate surface area is 105 Å². The Kier molecular flexibility index (Phi) is 2.49. The maximum absolute atomic E-state index is 11.9. The minimum Gasteiger partial charge on any atom is -0.294 e. The molecule has 1 aliphatic carbocycles. The first-order valence-corrected chi connectivity index (χ1v) is 6.01. The van der Waals surface area contributed by atoms with Crippen LogP contribution in [0.5, 0.6) is 0 Å². The van der Waals surface area contributed by atoms with E-state index in [2.05, 4.69) is 12.1 Å². The molecule has 3 rings (SSSR count). The molecule has 0 saturated carbocycles. The Morgan fingerprint density at radius 2 is 1.82 bits per heavy atom. The van der Waals surface area contributed by atoms with Crippen LogP contribution >= 0.6 is 11.6 Å². The number of hydrogen-bond donors (Lipinski definition) is 0. The molecule has 0 amide bonds. The van der Waals surface area contributed by atoms with E-state index in [-0.39, 0.29) is 11.7 Å². The van der Waals surface area contributed by atoms with Crippen molar-refractivity contribution >= 4 is 17.4 Å². The maximum atomic E-state index is 11.9. The van der Waals surface area contributed by atoms with E-state index in [9.17, 15) is 4.79 Å². The van der Waals surface area contributed by atoms with E-state index in [1.54, 1.807) is 6.07 Å². The molecule has 2 aromatic rings. The molecule has 0 heterocycles. The number of rotatable bonds is 1. The van der Waals surface area contributed by atoms with Crippen LogP contribution in [0.15, 0.2) is 48.5 Å². The van der Waals surface area contributed by atoms with Crippen molar-refractivity contribution in [3.63, 3.8) is 0 Å². The van der Waals surface area contributed by atoms with Gasteiger partial charge in [0.15, 0.2) is 5.78 Å². The van der Waals surface area contributed by atoms with Crippen LogP contribution in [0.2, 0.25) is 5.02 Å². The molecular weight excluding hydrogens is 232 g/mol. The van der Waals surface area contributed by atoms with E-state index < -0.39 is 0 Å². The highest BCUT2D eigenvalue weighted by atomic mass is 35.5. The van der Waals surface area contributed by atoms with E-state index in [0.717, 1.165) is 11.1 Å².